The van der Waals surface area contributed by atoms with Crippen molar-refractivity contribution < 1.29 is 9.18 Å². The van der Waals surface area contributed by atoms with Crippen LogP contribution in [-0.4, -0.2) is 16.9 Å². The second-order valence-electron chi connectivity index (χ2n) is 6.92. The normalized spacial score (nSPS) is 21.0. The van der Waals surface area contributed by atoms with Crippen molar-refractivity contribution in [1.82, 2.24) is 10.3 Å². The van der Waals surface area contributed by atoms with Crippen molar-refractivity contribution in [3.63, 3.8) is 0 Å². The number of hydrogen-bond acceptors (Lipinski definition) is 2. The maximum Gasteiger partial charge on any atom is 0.252 e. The van der Waals surface area contributed by atoms with Gasteiger partial charge in [-0.05, 0) is 55.9 Å². The minimum Gasteiger partial charge on any atom is -0.349 e. The molecule has 0 bridgehead atoms. The fourth-order valence-corrected chi connectivity index (χ4v) is 3.79. The summed E-state index contributed by atoms with van der Waals surface area (Å²) < 4.78 is 13.8. The summed E-state index contributed by atoms with van der Waals surface area (Å²) in [5.74, 6) is 0.0467. The Labute approximate surface area is 142 Å². The minimum atomic E-state index is -0.340. The van der Waals surface area contributed by atoms with Crippen molar-refractivity contribution in [2.75, 3.05) is 0 Å². The molecule has 4 heteroatoms. The van der Waals surface area contributed by atoms with E-state index in [1.807, 2.05) is 13.8 Å². The van der Waals surface area contributed by atoms with E-state index < -0.39 is 0 Å². The van der Waals surface area contributed by atoms with Gasteiger partial charge in [-0.1, -0.05) is 26.7 Å². The number of nitrogens with one attached hydrogen (secondary N) is 1. The van der Waals surface area contributed by atoms with Gasteiger partial charge in [0, 0.05) is 17.1 Å². The SMILES string of the molecule is CCc1nc2ccc(F)cc2c(C(=O)N[C@H]2CCCC[C@@H]2C)c1C. The first-order valence-corrected chi connectivity index (χ1v) is 8.90. The lowest BCUT2D eigenvalue weighted by Gasteiger charge is -2.30. The number of aryl methyl sites for hydroxylation is 1. The molecule has 1 N–H and O–H groups in total. The molecule has 3 rings (SSSR count). The predicted octanol–water partition coefficient (Wildman–Crippen LogP) is 4.55. The van der Waals surface area contributed by atoms with Crippen molar-refractivity contribution in [3.8, 4) is 0 Å². The van der Waals surface area contributed by atoms with Crippen molar-refractivity contribution in [1.29, 1.82) is 0 Å². The summed E-state index contributed by atoms with van der Waals surface area (Å²) >= 11 is 0. The van der Waals surface area contributed by atoms with Gasteiger partial charge >= 0.3 is 0 Å². The highest BCUT2D eigenvalue weighted by molar-refractivity contribution is 6.07. The maximum absolute atomic E-state index is 13.8. The first kappa shape index (κ1) is 16.9. The van der Waals surface area contributed by atoms with Crippen LogP contribution in [0, 0.1) is 18.7 Å². The third-order valence-electron chi connectivity index (χ3n) is 5.28. The second-order valence-corrected chi connectivity index (χ2v) is 6.92. The van der Waals surface area contributed by atoms with Gasteiger partial charge in [0.15, 0.2) is 0 Å². The third-order valence-corrected chi connectivity index (χ3v) is 5.28. The number of benzene rings is 1. The number of halogens is 1. The van der Waals surface area contributed by atoms with Crippen LogP contribution in [0.3, 0.4) is 0 Å². The minimum absolute atomic E-state index is 0.0982. The zero-order valence-electron chi connectivity index (χ0n) is 14.7. The molecule has 1 aliphatic rings. The predicted molar refractivity (Wildman–Crippen MR) is 94.7 cm³/mol. The van der Waals surface area contributed by atoms with Crippen LogP contribution in [0.2, 0.25) is 0 Å². The monoisotopic (exact) mass is 328 g/mol. The number of carbonyl (C=O) groups excluding carboxylic acids is 1. The number of fused-ring (bicyclic) bond motifs is 1. The molecule has 24 heavy (non-hydrogen) atoms. The zero-order chi connectivity index (χ0) is 17.3. The van der Waals surface area contributed by atoms with E-state index in [9.17, 15) is 9.18 Å². The van der Waals surface area contributed by atoms with E-state index in [2.05, 4.69) is 17.2 Å². The molecular formula is C20H25FN2O. The molecule has 1 amide bonds. The highest BCUT2D eigenvalue weighted by atomic mass is 19.1. The topological polar surface area (TPSA) is 42.0 Å². The fourth-order valence-electron chi connectivity index (χ4n) is 3.79. The van der Waals surface area contributed by atoms with Gasteiger partial charge in [0.2, 0.25) is 0 Å². The van der Waals surface area contributed by atoms with Gasteiger partial charge in [0.05, 0.1) is 11.1 Å². The van der Waals surface area contributed by atoms with Crippen LogP contribution >= 0.6 is 0 Å². The van der Waals surface area contributed by atoms with Gasteiger partial charge in [-0.3, -0.25) is 9.78 Å². The van der Waals surface area contributed by atoms with Crippen LogP contribution in [0.15, 0.2) is 18.2 Å². The Morgan fingerprint density at radius 3 is 2.79 bits per heavy atom. The number of amides is 1. The van der Waals surface area contributed by atoms with Gasteiger partial charge < -0.3 is 5.32 Å². The molecule has 0 radical (unpaired) electrons. The van der Waals surface area contributed by atoms with Crippen LogP contribution in [0.25, 0.3) is 10.9 Å². The van der Waals surface area contributed by atoms with Crippen LogP contribution in [-0.2, 0) is 6.42 Å². The summed E-state index contributed by atoms with van der Waals surface area (Å²) in [5.41, 5.74) is 3.02. The third kappa shape index (κ3) is 3.14. The number of nitrogens with zero attached hydrogens (tertiary/aromatic N) is 1. The number of pyridine rings is 1. The summed E-state index contributed by atoms with van der Waals surface area (Å²) in [6, 6.07) is 4.68. The molecule has 1 saturated carbocycles. The molecule has 128 valence electrons. The highest BCUT2D eigenvalue weighted by Gasteiger charge is 2.25. The lowest BCUT2D eigenvalue weighted by Crippen LogP contribution is -2.41. The van der Waals surface area contributed by atoms with Crippen molar-refractivity contribution in [2.45, 2.75) is 58.9 Å². The van der Waals surface area contributed by atoms with E-state index in [0.717, 1.165) is 36.9 Å². The summed E-state index contributed by atoms with van der Waals surface area (Å²) in [6.07, 6.45) is 5.30. The summed E-state index contributed by atoms with van der Waals surface area (Å²) in [6.45, 7) is 6.13. The standard InChI is InChI=1S/C20H25FN2O/c1-4-16-13(3)19(15-11-14(21)9-10-18(15)22-16)20(24)23-17-8-6-5-7-12(17)2/h9-12,17H,4-8H2,1-3H3,(H,23,24)/t12-,17-/m0/s1. The molecule has 0 saturated heterocycles. The Bertz CT molecular complexity index is 772. The summed E-state index contributed by atoms with van der Waals surface area (Å²) in [7, 11) is 0. The summed E-state index contributed by atoms with van der Waals surface area (Å²) in [5, 5.41) is 3.80. The van der Waals surface area contributed by atoms with Gasteiger partial charge in [-0.15, -0.1) is 0 Å². The van der Waals surface area contributed by atoms with Gasteiger partial charge in [-0.25, -0.2) is 4.39 Å². The maximum atomic E-state index is 13.8. The average Bonchev–Trinajstić information content (AvgIpc) is 2.56. The van der Waals surface area contributed by atoms with E-state index in [1.54, 1.807) is 6.07 Å². The van der Waals surface area contributed by atoms with E-state index >= 15 is 0 Å². The largest absolute Gasteiger partial charge is 0.349 e. The quantitative estimate of drug-likeness (QED) is 0.898. The Kier molecular flexibility index (Phi) is 4.83. The molecule has 1 aromatic carbocycles. The van der Waals surface area contributed by atoms with Gasteiger partial charge in [0.25, 0.3) is 5.91 Å². The molecule has 0 aliphatic heterocycles. The van der Waals surface area contributed by atoms with Crippen LogP contribution in [0.4, 0.5) is 4.39 Å². The lowest BCUT2D eigenvalue weighted by molar-refractivity contribution is 0.0911. The van der Waals surface area contributed by atoms with E-state index in [0.29, 0.717) is 22.4 Å². The fraction of sp³-hybridized carbons (Fsp3) is 0.500. The van der Waals surface area contributed by atoms with Crippen molar-refractivity contribution in [2.24, 2.45) is 5.92 Å². The molecule has 3 nitrogen and oxygen atoms in total. The first-order valence-electron chi connectivity index (χ1n) is 8.90. The highest BCUT2D eigenvalue weighted by Crippen LogP contribution is 2.27. The molecule has 1 heterocycles. The van der Waals surface area contributed by atoms with Crippen LogP contribution < -0.4 is 5.32 Å². The number of aromatic nitrogens is 1. The average molecular weight is 328 g/mol. The molecule has 1 fully saturated rings. The Morgan fingerprint density at radius 2 is 2.08 bits per heavy atom. The number of hydrogen-bond donors (Lipinski definition) is 1. The van der Waals surface area contributed by atoms with Gasteiger partial charge in [0.1, 0.15) is 5.82 Å². The molecule has 2 atom stereocenters. The van der Waals surface area contributed by atoms with E-state index in [4.69, 9.17) is 0 Å². The van der Waals surface area contributed by atoms with E-state index in [-0.39, 0.29) is 17.8 Å². The molecule has 0 unspecified atom stereocenters. The first-order chi connectivity index (χ1) is 11.5. The number of rotatable bonds is 3. The summed E-state index contributed by atoms with van der Waals surface area (Å²) in [4.78, 5) is 17.6. The molecule has 0 spiro atoms. The second kappa shape index (κ2) is 6.88. The Balaban J connectivity index is 2.04. The Morgan fingerprint density at radius 1 is 1.33 bits per heavy atom. The van der Waals surface area contributed by atoms with Crippen molar-refractivity contribution in [3.05, 3.63) is 40.8 Å². The zero-order valence-corrected chi connectivity index (χ0v) is 14.7. The van der Waals surface area contributed by atoms with Crippen LogP contribution in [0.1, 0.15) is 61.1 Å². The van der Waals surface area contributed by atoms with E-state index in [1.165, 1.54) is 18.6 Å². The smallest absolute Gasteiger partial charge is 0.252 e. The molecular weight excluding hydrogens is 303 g/mol. The van der Waals surface area contributed by atoms with Crippen molar-refractivity contribution >= 4 is 16.8 Å². The lowest BCUT2D eigenvalue weighted by atomic mass is 9.85. The van der Waals surface area contributed by atoms with Gasteiger partial charge in [-0.2, -0.15) is 0 Å². The van der Waals surface area contributed by atoms with Crippen LogP contribution in [0.5, 0.6) is 0 Å². The Hall–Kier alpha value is -1.97. The molecule has 1 aliphatic carbocycles. The molecule has 1 aromatic heterocycles. The molecule has 2 aromatic rings. The number of carbonyl (C=O) groups is 1.